The van der Waals surface area contributed by atoms with Crippen LogP contribution < -0.4 is 16.4 Å². The molecule has 0 spiro atoms. The number of hydrogen-bond acceptors (Lipinski definition) is 6. The van der Waals surface area contributed by atoms with Gasteiger partial charge in [-0.15, -0.1) is 24.4 Å². The summed E-state index contributed by atoms with van der Waals surface area (Å²) in [5.41, 5.74) is 8.07. The number of carbonyl (C=O) groups is 2. The first kappa shape index (κ1) is 24.3. The largest absolute Gasteiger partial charge is 0.388 e. The lowest BCUT2D eigenvalue weighted by molar-refractivity contribution is -0.115. The summed E-state index contributed by atoms with van der Waals surface area (Å²) in [5.74, 6) is -0.00875. The number of carbonyl (C=O) groups excluding carboxylic acids is 2. The number of fused-ring (bicyclic) bond motifs is 1. The summed E-state index contributed by atoms with van der Waals surface area (Å²) >= 11 is 5.65. The smallest absolute Gasteiger partial charge is 0.237 e. The fourth-order valence-electron chi connectivity index (χ4n) is 3.06. The highest BCUT2D eigenvalue weighted by atomic mass is 32.2. The van der Waals surface area contributed by atoms with Gasteiger partial charge in [-0.1, -0.05) is 25.3 Å². The van der Waals surface area contributed by atoms with E-state index in [2.05, 4.69) is 23.3 Å². The Hall–Kier alpha value is -1.96. The Bertz CT molecular complexity index is 822. The number of thiol groups is 1. The summed E-state index contributed by atoms with van der Waals surface area (Å²) in [6, 6.07) is 13.7. The van der Waals surface area contributed by atoms with Gasteiger partial charge >= 0.3 is 0 Å². The highest BCUT2D eigenvalue weighted by Crippen LogP contribution is 2.35. The highest BCUT2D eigenvalue weighted by Gasteiger charge is 2.22. The normalized spacial score (nSPS) is 17.9. The zero-order chi connectivity index (χ0) is 21.9. The van der Waals surface area contributed by atoms with Gasteiger partial charge in [0.15, 0.2) is 0 Å². The van der Waals surface area contributed by atoms with Crippen molar-refractivity contribution in [3.8, 4) is 0 Å². The fraction of sp³-hybridized carbons (Fsp3) is 0.391. The molecule has 0 bridgehead atoms. The van der Waals surface area contributed by atoms with E-state index in [1.54, 1.807) is 12.1 Å². The molecule has 1 aliphatic heterocycles. The maximum absolute atomic E-state index is 11.3. The Morgan fingerprint density at radius 2 is 1.80 bits per heavy atom. The molecule has 5 nitrogen and oxygen atoms in total. The standard InChI is InChI=1S/C10H9NO2S.C7H9NS.C6H13N/c1-6-10(13)11-8-4-7(5-12)2-3-9(8)14-6;1-8-6-2-4-7(9)5-3-6;7-6-4-2-1-3-5-6/h2-6H,1H3,(H,11,13);2-5,8-9H,1H3;6H,1-5,7H2. The van der Waals surface area contributed by atoms with Crippen molar-refractivity contribution in [2.45, 2.75) is 60.1 Å². The van der Waals surface area contributed by atoms with Gasteiger partial charge in [0.2, 0.25) is 5.91 Å². The van der Waals surface area contributed by atoms with Crippen LogP contribution in [-0.2, 0) is 4.79 Å². The molecule has 7 heteroatoms. The van der Waals surface area contributed by atoms with E-state index >= 15 is 0 Å². The Morgan fingerprint density at radius 3 is 2.33 bits per heavy atom. The van der Waals surface area contributed by atoms with Gasteiger partial charge in [0.1, 0.15) is 6.29 Å². The fourth-order valence-corrected chi connectivity index (χ4v) is 4.14. The maximum atomic E-state index is 11.3. The Morgan fingerprint density at radius 1 is 1.13 bits per heavy atom. The lowest BCUT2D eigenvalue weighted by Gasteiger charge is -2.21. The number of nitrogens with two attached hydrogens (primary N) is 1. The van der Waals surface area contributed by atoms with Crippen molar-refractivity contribution in [2.75, 3.05) is 17.7 Å². The molecule has 2 aromatic carbocycles. The topological polar surface area (TPSA) is 84.2 Å². The molecular weight excluding hydrogens is 414 g/mol. The maximum Gasteiger partial charge on any atom is 0.237 e. The van der Waals surface area contributed by atoms with Crippen LogP contribution in [0.1, 0.15) is 49.4 Å². The number of hydrogen-bond donors (Lipinski definition) is 4. The first-order chi connectivity index (χ1) is 14.4. The number of thioether (sulfide) groups is 1. The van der Waals surface area contributed by atoms with Crippen LogP contribution in [0, 0.1) is 0 Å². The first-order valence-electron chi connectivity index (χ1n) is 10.2. The van der Waals surface area contributed by atoms with Crippen LogP contribution >= 0.6 is 24.4 Å². The Labute approximate surface area is 189 Å². The number of benzene rings is 2. The van der Waals surface area contributed by atoms with E-state index in [0.717, 1.165) is 27.5 Å². The van der Waals surface area contributed by atoms with Crippen LogP contribution in [0.2, 0.25) is 0 Å². The summed E-state index contributed by atoms with van der Waals surface area (Å²) < 4.78 is 0. The number of anilines is 2. The molecule has 1 heterocycles. The summed E-state index contributed by atoms with van der Waals surface area (Å²) in [4.78, 5) is 23.9. The van der Waals surface area contributed by atoms with Crippen LogP contribution in [0.15, 0.2) is 52.3 Å². The third-order valence-corrected chi connectivity index (χ3v) is 6.35. The van der Waals surface area contributed by atoms with Gasteiger partial charge in [-0.05, 0) is 56.2 Å². The number of rotatable bonds is 2. The minimum atomic E-state index is -0.0652. The van der Waals surface area contributed by atoms with E-state index in [4.69, 9.17) is 5.73 Å². The molecule has 1 unspecified atom stereocenters. The van der Waals surface area contributed by atoms with Crippen molar-refractivity contribution in [1.29, 1.82) is 0 Å². The third kappa shape index (κ3) is 8.05. The summed E-state index contributed by atoms with van der Waals surface area (Å²) in [7, 11) is 1.90. The van der Waals surface area contributed by atoms with Gasteiger partial charge in [-0.25, -0.2) is 0 Å². The summed E-state index contributed by atoms with van der Waals surface area (Å²) in [5, 5.41) is 5.72. The summed E-state index contributed by atoms with van der Waals surface area (Å²) in [6.07, 6.45) is 7.44. The Kier molecular flexibility index (Phi) is 10.3. The minimum Gasteiger partial charge on any atom is -0.388 e. The van der Waals surface area contributed by atoms with Crippen molar-refractivity contribution in [3.63, 3.8) is 0 Å². The predicted octanol–water partition coefficient (Wildman–Crippen LogP) is 5.23. The zero-order valence-corrected chi connectivity index (χ0v) is 19.3. The van der Waals surface area contributed by atoms with Gasteiger partial charge in [-0.3, -0.25) is 9.59 Å². The molecule has 30 heavy (non-hydrogen) atoms. The van der Waals surface area contributed by atoms with E-state index < -0.39 is 0 Å². The molecule has 1 saturated carbocycles. The predicted molar refractivity (Wildman–Crippen MR) is 130 cm³/mol. The van der Waals surface area contributed by atoms with Gasteiger partial charge in [0.05, 0.1) is 10.9 Å². The number of aldehydes is 1. The van der Waals surface area contributed by atoms with E-state index in [-0.39, 0.29) is 11.2 Å². The average Bonchev–Trinajstić information content (AvgIpc) is 2.76. The highest BCUT2D eigenvalue weighted by molar-refractivity contribution is 8.00. The van der Waals surface area contributed by atoms with Crippen molar-refractivity contribution < 1.29 is 9.59 Å². The van der Waals surface area contributed by atoms with Crippen LogP contribution in [0.4, 0.5) is 11.4 Å². The molecule has 0 aromatic heterocycles. The zero-order valence-electron chi connectivity index (χ0n) is 17.6. The van der Waals surface area contributed by atoms with Crippen LogP contribution in [0.5, 0.6) is 0 Å². The third-order valence-electron chi connectivity index (χ3n) is 4.88. The van der Waals surface area contributed by atoms with Crippen molar-refractivity contribution in [3.05, 3.63) is 48.0 Å². The minimum absolute atomic E-state index is 0.00875. The molecule has 2 aliphatic rings. The quantitative estimate of drug-likeness (QED) is 0.376. The molecule has 1 amide bonds. The molecule has 2 aromatic rings. The Balaban J connectivity index is 0.000000173. The molecule has 0 saturated heterocycles. The second-order valence-electron chi connectivity index (χ2n) is 7.32. The lowest BCUT2D eigenvalue weighted by Crippen LogP contribution is -2.26. The summed E-state index contributed by atoms with van der Waals surface area (Å²) in [6.45, 7) is 1.86. The second-order valence-corrected chi connectivity index (χ2v) is 9.22. The van der Waals surface area contributed by atoms with Crippen molar-refractivity contribution in [2.24, 2.45) is 5.73 Å². The molecule has 1 aliphatic carbocycles. The van der Waals surface area contributed by atoms with E-state index in [0.29, 0.717) is 11.6 Å². The lowest BCUT2D eigenvalue weighted by atomic mass is 9.97. The van der Waals surface area contributed by atoms with Crippen molar-refractivity contribution >= 4 is 48.0 Å². The van der Waals surface area contributed by atoms with E-state index in [1.165, 1.54) is 43.9 Å². The molecular formula is C23H31N3O2S2. The van der Waals surface area contributed by atoms with Gasteiger partial charge in [-0.2, -0.15) is 0 Å². The second kappa shape index (κ2) is 12.7. The SMILES string of the molecule is CC1Sc2ccc(C=O)cc2NC1=O.CNc1ccc(S)cc1.NC1CCCCC1. The molecule has 4 N–H and O–H groups in total. The van der Waals surface area contributed by atoms with Gasteiger partial charge < -0.3 is 16.4 Å². The van der Waals surface area contributed by atoms with E-state index in [1.807, 2.05) is 44.3 Å². The first-order valence-corrected chi connectivity index (χ1v) is 11.5. The van der Waals surface area contributed by atoms with Crippen molar-refractivity contribution in [1.82, 2.24) is 0 Å². The average molecular weight is 446 g/mol. The molecule has 162 valence electrons. The number of nitrogens with one attached hydrogen (secondary N) is 2. The van der Waals surface area contributed by atoms with Gasteiger partial charge in [0, 0.05) is 34.1 Å². The van der Waals surface area contributed by atoms with E-state index in [9.17, 15) is 9.59 Å². The molecule has 4 rings (SSSR count). The molecule has 1 fully saturated rings. The monoisotopic (exact) mass is 445 g/mol. The van der Waals surface area contributed by atoms with Gasteiger partial charge in [0.25, 0.3) is 0 Å². The van der Waals surface area contributed by atoms with Crippen LogP contribution in [0.3, 0.4) is 0 Å². The van der Waals surface area contributed by atoms with Crippen LogP contribution in [-0.4, -0.2) is 30.5 Å². The molecule has 0 radical (unpaired) electrons. The van der Waals surface area contributed by atoms with Crippen LogP contribution in [0.25, 0.3) is 0 Å². The molecule has 1 atom stereocenters. The number of amides is 1.